The van der Waals surface area contributed by atoms with Crippen molar-refractivity contribution in [1.82, 2.24) is 15.2 Å². The van der Waals surface area contributed by atoms with Crippen LogP contribution in [-0.4, -0.2) is 35.1 Å². The fourth-order valence-corrected chi connectivity index (χ4v) is 4.35. The molecule has 166 valence electrons. The van der Waals surface area contributed by atoms with Gasteiger partial charge < -0.3 is 21.7 Å². The Balaban J connectivity index is 1.73. The van der Waals surface area contributed by atoms with E-state index >= 15 is 0 Å². The van der Waals surface area contributed by atoms with Crippen LogP contribution in [0.1, 0.15) is 37.8 Å². The summed E-state index contributed by atoms with van der Waals surface area (Å²) in [6, 6.07) is 19.5. The minimum absolute atomic E-state index is 0.397. The number of rotatable bonds is 7. The molecule has 5 N–H and O–H groups in total. The van der Waals surface area contributed by atoms with E-state index in [4.69, 9.17) is 11.5 Å². The van der Waals surface area contributed by atoms with Gasteiger partial charge >= 0.3 is 0 Å². The van der Waals surface area contributed by atoms with E-state index in [0.29, 0.717) is 17.8 Å². The van der Waals surface area contributed by atoms with Gasteiger partial charge in [0, 0.05) is 48.8 Å². The summed E-state index contributed by atoms with van der Waals surface area (Å²) in [5.41, 5.74) is 17.1. The molecule has 1 fully saturated rings. The topological polar surface area (TPSA) is 80.2 Å². The van der Waals surface area contributed by atoms with Crippen LogP contribution in [0, 0.1) is 0 Å². The van der Waals surface area contributed by atoms with E-state index in [1.807, 2.05) is 30.3 Å². The molecule has 1 aliphatic heterocycles. The molecule has 2 heterocycles. The summed E-state index contributed by atoms with van der Waals surface area (Å²) in [4.78, 5) is 6.49. The maximum atomic E-state index is 6.77. The van der Waals surface area contributed by atoms with Crippen LogP contribution in [-0.2, 0) is 0 Å². The first-order chi connectivity index (χ1) is 15.5. The van der Waals surface area contributed by atoms with Crippen LogP contribution in [0.5, 0.6) is 0 Å². The highest BCUT2D eigenvalue weighted by molar-refractivity contribution is 5.96. The third-order valence-electron chi connectivity index (χ3n) is 6.10. The number of allylic oxidation sites excluding steroid dienone is 2. The summed E-state index contributed by atoms with van der Waals surface area (Å²) in [6.45, 7) is 6.24. The predicted octanol–water partition coefficient (Wildman–Crippen LogP) is 4.32. The molecule has 0 saturated carbocycles. The molecule has 1 atom stereocenters. The number of nitrogens with zero attached hydrogens (tertiary/aromatic N) is 2. The van der Waals surface area contributed by atoms with Gasteiger partial charge in [-0.15, -0.1) is 0 Å². The van der Waals surface area contributed by atoms with Gasteiger partial charge in [0.05, 0.1) is 5.82 Å². The lowest BCUT2D eigenvalue weighted by Gasteiger charge is -2.28. The molecule has 5 heteroatoms. The molecule has 1 aliphatic rings. The highest BCUT2D eigenvalue weighted by Crippen LogP contribution is 2.28. The minimum atomic E-state index is 0.397. The molecule has 0 spiro atoms. The van der Waals surface area contributed by atoms with Crippen molar-refractivity contribution in [2.75, 3.05) is 13.1 Å². The Morgan fingerprint density at radius 2 is 1.81 bits per heavy atom. The van der Waals surface area contributed by atoms with Gasteiger partial charge in [-0.1, -0.05) is 50.2 Å². The van der Waals surface area contributed by atoms with E-state index in [0.717, 1.165) is 48.5 Å². The zero-order chi connectivity index (χ0) is 22.5. The van der Waals surface area contributed by atoms with E-state index in [1.54, 1.807) is 12.4 Å². The van der Waals surface area contributed by atoms with Crippen LogP contribution in [0.3, 0.4) is 0 Å². The van der Waals surface area contributed by atoms with Gasteiger partial charge in [-0.3, -0.25) is 4.98 Å². The van der Waals surface area contributed by atoms with Crippen molar-refractivity contribution in [3.8, 4) is 0 Å². The molecule has 0 aliphatic carbocycles. The third-order valence-corrected chi connectivity index (χ3v) is 6.10. The Morgan fingerprint density at radius 1 is 1.06 bits per heavy atom. The van der Waals surface area contributed by atoms with Crippen molar-refractivity contribution >= 4 is 22.0 Å². The average Bonchev–Trinajstić information content (AvgIpc) is 3.30. The predicted molar refractivity (Wildman–Crippen MR) is 134 cm³/mol. The zero-order valence-corrected chi connectivity index (χ0v) is 19.0. The second-order valence-corrected chi connectivity index (χ2v) is 8.75. The molecular weight excluding hydrogens is 394 g/mol. The van der Waals surface area contributed by atoms with Crippen LogP contribution < -0.4 is 16.8 Å². The molecule has 2 aromatic carbocycles. The van der Waals surface area contributed by atoms with E-state index in [2.05, 4.69) is 59.4 Å². The van der Waals surface area contributed by atoms with E-state index in [9.17, 15) is 0 Å². The first-order valence-electron chi connectivity index (χ1n) is 11.4. The van der Waals surface area contributed by atoms with Crippen LogP contribution in [0.25, 0.3) is 22.0 Å². The van der Waals surface area contributed by atoms with Crippen LogP contribution >= 0.6 is 0 Å². The third kappa shape index (κ3) is 4.94. The van der Waals surface area contributed by atoms with Crippen molar-refractivity contribution in [2.24, 2.45) is 11.5 Å². The van der Waals surface area contributed by atoms with Crippen LogP contribution in [0.4, 0.5) is 0 Å². The maximum Gasteiger partial charge on any atom is 0.0996 e. The molecule has 32 heavy (non-hydrogen) atoms. The van der Waals surface area contributed by atoms with E-state index in [1.165, 1.54) is 10.8 Å². The Hall–Kier alpha value is -3.31. The molecule has 0 bridgehead atoms. The lowest BCUT2D eigenvalue weighted by Crippen LogP contribution is -2.41. The fraction of sp³-hybridized carbons (Fsp3) is 0.296. The summed E-state index contributed by atoms with van der Waals surface area (Å²) in [7, 11) is 0. The first kappa shape index (κ1) is 21.9. The van der Waals surface area contributed by atoms with Crippen molar-refractivity contribution in [1.29, 1.82) is 0 Å². The van der Waals surface area contributed by atoms with Crippen molar-refractivity contribution in [3.63, 3.8) is 0 Å². The van der Waals surface area contributed by atoms with Gasteiger partial charge in [0.2, 0.25) is 0 Å². The number of pyridine rings is 1. The number of likely N-dealkylation sites (tertiary alicyclic amines) is 1. The summed E-state index contributed by atoms with van der Waals surface area (Å²) in [5.74, 6) is 0.758. The summed E-state index contributed by atoms with van der Waals surface area (Å²) >= 11 is 0. The Bertz CT molecular complexity index is 1120. The van der Waals surface area contributed by atoms with Gasteiger partial charge in [-0.25, -0.2) is 0 Å². The second kappa shape index (κ2) is 9.88. The summed E-state index contributed by atoms with van der Waals surface area (Å²) in [6.07, 6.45) is 7.90. The monoisotopic (exact) mass is 427 g/mol. The molecule has 0 amide bonds. The van der Waals surface area contributed by atoms with Crippen molar-refractivity contribution in [3.05, 3.63) is 90.0 Å². The number of hydrogen-bond acceptors (Lipinski definition) is 5. The van der Waals surface area contributed by atoms with Crippen LogP contribution in [0.15, 0.2) is 78.9 Å². The van der Waals surface area contributed by atoms with Gasteiger partial charge in [0.25, 0.3) is 0 Å². The molecule has 1 unspecified atom stereocenters. The first-order valence-corrected chi connectivity index (χ1v) is 11.4. The molecule has 5 nitrogen and oxygen atoms in total. The van der Waals surface area contributed by atoms with E-state index < -0.39 is 0 Å². The van der Waals surface area contributed by atoms with Gasteiger partial charge in [-0.2, -0.15) is 0 Å². The zero-order valence-electron chi connectivity index (χ0n) is 19.0. The fourth-order valence-electron chi connectivity index (χ4n) is 4.35. The minimum Gasteiger partial charge on any atom is -0.398 e. The van der Waals surface area contributed by atoms with Crippen molar-refractivity contribution in [2.45, 2.75) is 38.8 Å². The number of hydrogen-bond donors (Lipinski definition) is 3. The van der Waals surface area contributed by atoms with Crippen LogP contribution in [0.2, 0.25) is 0 Å². The largest absolute Gasteiger partial charge is 0.398 e. The molecule has 3 aromatic rings. The highest BCUT2D eigenvalue weighted by atomic mass is 15.2. The Labute approximate surface area is 190 Å². The number of aromatic nitrogens is 1. The number of fused-ring (bicyclic) bond motifs is 1. The highest BCUT2D eigenvalue weighted by Gasteiger charge is 2.25. The number of benzene rings is 2. The van der Waals surface area contributed by atoms with Gasteiger partial charge in [0.15, 0.2) is 0 Å². The van der Waals surface area contributed by atoms with Crippen molar-refractivity contribution < 1.29 is 0 Å². The number of nitrogens with one attached hydrogen (secondary N) is 1. The summed E-state index contributed by atoms with van der Waals surface area (Å²) in [5, 5.41) is 5.92. The molecule has 0 radical (unpaired) electrons. The number of nitrogens with two attached hydrogens (primary N) is 2. The maximum absolute atomic E-state index is 6.77. The van der Waals surface area contributed by atoms with Gasteiger partial charge in [0.1, 0.15) is 0 Å². The molecular formula is C27H33N5. The quantitative estimate of drug-likeness (QED) is 0.489. The molecule has 1 saturated heterocycles. The lowest BCUT2D eigenvalue weighted by molar-refractivity contribution is 0.300. The Morgan fingerprint density at radius 3 is 2.56 bits per heavy atom. The molecule has 4 rings (SSSR count). The average molecular weight is 428 g/mol. The smallest absolute Gasteiger partial charge is 0.0996 e. The molecule has 1 aromatic heterocycles. The second-order valence-electron chi connectivity index (χ2n) is 8.75. The lowest BCUT2D eigenvalue weighted by atomic mass is 9.98. The van der Waals surface area contributed by atoms with Gasteiger partial charge in [-0.05, 0) is 59.0 Å². The van der Waals surface area contributed by atoms with E-state index in [-0.39, 0.29) is 0 Å². The SMILES string of the molecule is CC(C)NCC1CCCN1/C(N)=C/C(=C(\N)c1ccc2ccccc2c1)c1ccncc1. The Kier molecular flexibility index (Phi) is 6.76. The normalized spacial score (nSPS) is 17.8. The standard InChI is InChI=1S/C27H33N5/c1-19(2)31-18-24-8-5-15-32(24)26(28)17-25(21-11-13-30-14-12-21)27(29)23-10-9-20-6-3-4-7-22(20)16-23/h3-4,6-7,9-14,16-17,19,24,31H,5,8,15,18,28-29H2,1-2H3/b26-17+,27-25+. The summed E-state index contributed by atoms with van der Waals surface area (Å²) < 4.78 is 0.